The van der Waals surface area contributed by atoms with Gasteiger partial charge in [-0.15, -0.1) is 11.3 Å². The number of hydrogen-bond acceptors (Lipinski definition) is 6. The minimum Gasteiger partial charge on any atom is -0.341 e. The van der Waals surface area contributed by atoms with Crippen LogP contribution in [0.25, 0.3) is 0 Å². The minimum absolute atomic E-state index is 0.314. The van der Waals surface area contributed by atoms with Crippen molar-refractivity contribution in [3.05, 3.63) is 15.8 Å². The van der Waals surface area contributed by atoms with Crippen LogP contribution in [0.4, 0.5) is 4.79 Å². The van der Waals surface area contributed by atoms with Gasteiger partial charge in [0.25, 0.3) is 0 Å². The topological polar surface area (TPSA) is 98.8 Å². The lowest BCUT2D eigenvalue weighted by Crippen LogP contribution is -2.56. The third kappa shape index (κ3) is 4.38. The lowest BCUT2D eigenvalue weighted by Gasteiger charge is -2.36. The first-order valence-corrected chi connectivity index (χ1v) is 10.3. The Morgan fingerprint density at radius 1 is 1.20 bits per heavy atom. The highest BCUT2D eigenvalue weighted by Crippen LogP contribution is 2.28. The van der Waals surface area contributed by atoms with Crippen molar-refractivity contribution in [1.82, 2.24) is 19.8 Å². The van der Waals surface area contributed by atoms with Crippen molar-refractivity contribution < 1.29 is 18.0 Å². The number of sulfonamides is 1. The van der Waals surface area contributed by atoms with Crippen molar-refractivity contribution in [2.75, 3.05) is 33.2 Å². The second-order valence-corrected chi connectivity index (χ2v) is 9.33. The first-order chi connectivity index (χ1) is 11.7. The molecule has 0 radical (unpaired) electrons. The molecule has 0 bridgehead atoms. The normalized spacial score (nSPS) is 17.9. The van der Waals surface area contributed by atoms with Crippen molar-refractivity contribution in [3.8, 4) is 0 Å². The van der Waals surface area contributed by atoms with E-state index in [0.29, 0.717) is 31.1 Å². The van der Waals surface area contributed by atoms with E-state index in [1.165, 1.54) is 22.7 Å². The van der Waals surface area contributed by atoms with Crippen LogP contribution in [0.2, 0.25) is 0 Å². The zero-order valence-electron chi connectivity index (χ0n) is 14.8. The highest BCUT2D eigenvalue weighted by atomic mass is 32.2. The number of carbonyl (C=O) groups excluding carboxylic acids is 2. The summed E-state index contributed by atoms with van der Waals surface area (Å²) in [5, 5.41) is 4.57. The van der Waals surface area contributed by atoms with Crippen LogP contribution >= 0.6 is 11.3 Å². The van der Waals surface area contributed by atoms with Crippen molar-refractivity contribution in [2.24, 2.45) is 0 Å². The van der Waals surface area contributed by atoms with Gasteiger partial charge in [-0.25, -0.2) is 13.2 Å². The average molecular weight is 389 g/mol. The third-order valence-corrected chi connectivity index (χ3v) is 7.40. The lowest BCUT2D eigenvalue weighted by molar-refractivity contribution is -0.125. The molecule has 1 unspecified atom stereocenters. The number of aryl methyl sites for hydroxylation is 2. The summed E-state index contributed by atoms with van der Waals surface area (Å²) in [5.74, 6) is -0.403. The van der Waals surface area contributed by atoms with Crippen LogP contribution in [-0.4, -0.2) is 68.8 Å². The maximum absolute atomic E-state index is 12.8. The quantitative estimate of drug-likeness (QED) is 0.783. The number of nitrogens with one attached hydrogen (secondary N) is 2. The number of hydrogen-bond donors (Lipinski definition) is 2. The third-order valence-electron chi connectivity index (χ3n) is 4.28. The molecule has 0 aromatic carbocycles. The maximum atomic E-state index is 12.8. The lowest BCUT2D eigenvalue weighted by atomic mass is 10.2. The van der Waals surface area contributed by atoms with Crippen LogP contribution < -0.4 is 10.6 Å². The van der Waals surface area contributed by atoms with Gasteiger partial charge >= 0.3 is 6.03 Å². The first kappa shape index (κ1) is 19.8. The number of piperazine rings is 1. The molecule has 3 amide bonds. The van der Waals surface area contributed by atoms with Crippen LogP contribution in [0.15, 0.2) is 11.0 Å². The zero-order valence-corrected chi connectivity index (χ0v) is 16.5. The summed E-state index contributed by atoms with van der Waals surface area (Å²) in [5.41, 5.74) is 0. The fraction of sp³-hybridized carbons (Fsp3) is 0.600. The average Bonchev–Trinajstić information content (AvgIpc) is 2.93. The molecule has 0 saturated carbocycles. The molecule has 2 rings (SSSR count). The van der Waals surface area contributed by atoms with Gasteiger partial charge in [0.15, 0.2) is 0 Å². The van der Waals surface area contributed by atoms with E-state index in [-0.39, 0.29) is 0 Å². The summed E-state index contributed by atoms with van der Waals surface area (Å²) in [6.45, 7) is 6.90. The number of carbonyl (C=O) groups is 2. The highest BCUT2D eigenvalue weighted by molar-refractivity contribution is 7.89. The Balaban J connectivity index is 2.00. The number of nitrogens with zero attached hydrogens (tertiary/aromatic N) is 2. The second kappa shape index (κ2) is 7.81. The van der Waals surface area contributed by atoms with E-state index >= 15 is 0 Å². The van der Waals surface area contributed by atoms with E-state index in [1.54, 1.807) is 13.0 Å². The molecular formula is C15H24N4O4S2. The summed E-state index contributed by atoms with van der Waals surface area (Å²) in [7, 11) is -2.08. The Kier molecular flexibility index (Phi) is 6.20. The van der Waals surface area contributed by atoms with Crippen molar-refractivity contribution >= 4 is 33.3 Å². The van der Waals surface area contributed by atoms with Gasteiger partial charge in [-0.05, 0) is 26.8 Å². The Bertz CT molecular complexity index is 752. The van der Waals surface area contributed by atoms with Crippen molar-refractivity contribution in [2.45, 2.75) is 31.7 Å². The van der Waals surface area contributed by atoms with Crippen molar-refractivity contribution in [1.29, 1.82) is 0 Å². The number of urea groups is 1. The molecule has 1 atom stereocenters. The summed E-state index contributed by atoms with van der Waals surface area (Å²) in [6, 6.07) is 0.648. The molecule has 0 spiro atoms. The minimum atomic E-state index is -3.51. The molecule has 0 aliphatic carbocycles. The first-order valence-electron chi connectivity index (χ1n) is 8.00. The van der Waals surface area contributed by atoms with Gasteiger partial charge in [-0.2, -0.15) is 4.31 Å². The van der Waals surface area contributed by atoms with E-state index in [0.717, 1.165) is 9.75 Å². The Labute approximate surface area is 152 Å². The molecule has 2 N–H and O–H groups in total. The van der Waals surface area contributed by atoms with E-state index in [1.807, 2.05) is 18.7 Å². The van der Waals surface area contributed by atoms with Gasteiger partial charge in [0.1, 0.15) is 0 Å². The van der Waals surface area contributed by atoms with Crippen molar-refractivity contribution in [3.63, 3.8) is 0 Å². The maximum Gasteiger partial charge on any atom is 0.321 e. The van der Waals surface area contributed by atoms with Crippen LogP contribution in [-0.2, 0) is 14.8 Å². The standard InChI is InChI=1S/C15H24N4O4S2/c1-10-9-13(12(3)24-10)25(22,23)19-7-5-18(6-8-19)11(2)14(20)17-15(21)16-4/h9,11H,5-8H2,1-4H3,(H2,16,17,20,21). The molecule has 140 valence electrons. The highest BCUT2D eigenvalue weighted by Gasteiger charge is 2.33. The van der Waals surface area contributed by atoms with E-state index in [9.17, 15) is 18.0 Å². The molecule has 2 heterocycles. The van der Waals surface area contributed by atoms with Gasteiger partial charge in [-0.1, -0.05) is 0 Å². The molecular weight excluding hydrogens is 364 g/mol. The van der Waals surface area contributed by atoms with E-state index in [2.05, 4.69) is 10.6 Å². The summed E-state index contributed by atoms with van der Waals surface area (Å²) in [4.78, 5) is 27.2. The molecule has 1 aliphatic heterocycles. The van der Waals surface area contributed by atoms with Gasteiger partial charge in [0, 0.05) is 43.0 Å². The molecule has 1 saturated heterocycles. The van der Waals surface area contributed by atoms with Crippen LogP contribution in [0.5, 0.6) is 0 Å². The number of thiophene rings is 1. The predicted octanol–water partition coefficient (Wildman–Crippen LogP) is 0.515. The van der Waals surface area contributed by atoms with Crippen LogP contribution in [0.1, 0.15) is 16.7 Å². The Morgan fingerprint density at radius 2 is 1.80 bits per heavy atom. The molecule has 10 heteroatoms. The fourth-order valence-electron chi connectivity index (χ4n) is 2.78. The summed E-state index contributed by atoms with van der Waals surface area (Å²) < 4.78 is 27.1. The predicted molar refractivity (Wildman–Crippen MR) is 96.2 cm³/mol. The largest absolute Gasteiger partial charge is 0.341 e. The van der Waals surface area contributed by atoms with Gasteiger partial charge in [0.2, 0.25) is 15.9 Å². The zero-order chi connectivity index (χ0) is 18.8. The van der Waals surface area contributed by atoms with Gasteiger partial charge in [0.05, 0.1) is 10.9 Å². The summed E-state index contributed by atoms with van der Waals surface area (Å²) >= 11 is 1.47. The van der Waals surface area contributed by atoms with Crippen LogP contribution in [0.3, 0.4) is 0 Å². The van der Waals surface area contributed by atoms with Crippen LogP contribution in [0, 0.1) is 13.8 Å². The van der Waals surface area contributed by atoms with Gasteiger partial charge < -0.3 is 5.32 Å². The molecule has 25 heavy (non-hydrogen) atoms. The molecule has 1 aliphatic rings. The Morgan fingerprint density at radius 3 is 2.28 bits per heavy atom. The SMILES string of the molecule is CNC(=O)NC(=O)C(C)N1CCN(S(=O)(=O)c2cc(C)sc2C)CC1. The monoisotopic (exact) mass is 388 g/mol. The number of amides is 3. The molecule has 8 nitrogen and oxygen atoms in total. The smallest absolute Gasteiger partial charge is 0.321 e. The van der Waals surface area contributed by atoms with Gasteiger partial charge in [-0.3, -0.25) is 15.0 Å². The number of rotatable bonds is 4. The molecule has 1 fully saturated rings. The molecule has 1 aromatic rings. The number of imide groups is 1. The van der Waals surface area contributed by atoms with E-state index < -0.39 is 28.0 Å². The Hall–Kier alpha value is -1.49. The van der Waals surface area contributed by atoms with E-state index in [4.69, 9.17) is 0 Å². The second-order valence-electron chi connectivity index (χ2n) is 5.96. The molecule has 1 aromatic heterocycles. The summed E-state index contributed by atoms with van der Waals surface area (Å²) in [6.07, 6.45) is 0. The fourth-order valence-corrected chi connectivity index (χ4v) is 5.72.